The number of carbonyl (C=O) groups is 2. The molecule has 0 aromatic rings. The Morgan fingerprint density at radius 1 is 0.690 bits per heavy atom. The molecule has 0 aromatic carbocycles. The highest BCUT2D eigenvalue weighted by atomic mass is 16.6. The van der Waals surface area contributed by atoms with Crippen LogP contribution in [0.1, 0.15) is 0 Å². The number of amides is 1. The van der Waals surface area contributed by atoms with Gasteiger partial charge in [0, 0.05) is 6.54 Å². The third-order valence-corrected chi connectivity index (χ3v) is 2.98. The number of rotatable bonds is 23. The third kappa shape index (κ3) is 24.2. The second kappa shape index (κ2) is 22.5. The molecule has 11 heteroatoms. The van der Waals surface area contributed by atoms with E-state index >= 15 is 0 Å². The lowest BCUT2D eigenvalue weighted by atomic mass is 10.6. The predicted molar refractivity (Wildman–Crippen MR) is 102 cm³/mol. The Morgan fingerprint density at radius 3 is 1.59 bits per heavy atom. The minimum absolute atomic E-state index is 0.292. The van der Waals surface area contributed by atoms with E-state index in [9.17, 15) is 9.59 Å². The van der Waals surface area contributed by atoms with Crippen molar-refractivity contribution in [1.82, 2.24) is 5.32 Å². The number of nitrogens with one attached hydrogen (secondary N) is 1. The first-order valence-electron chi connectivity index (χ1n) is 9.34. The zero-order valence-electron chi connectivity index (χ0n) is 16.8. The molecule has 0 unspecified atom stereocenters. The first kappa shape index (κ1) is 27.2. The summed E-state index contributed by atoms with van der Waals surface area (Å²) in [5.74, 6) is -1.51. The SMILES string of the molecule is C=COCCOCCOCCOCCOCCOCCNC(=O)COCC(=O)O. The molecule has 2 N–H and O–H groups in total. The molecule has 1 amide bonds. The zero-order valence-corrected chi connectivity index (χ0v) is 16.8. The molecule has 0 spiro atoms. The van der Waals surface area contributed by atoms with E-state index in [0.29, 0.717) is 79.2 Å². The second-order valence-corrected chi connectivity index (χ2v) is 5.34. The molecule has 0 saturated heterocycles. The van der Waals surface area contributed by atoms with E-state index in [4.69, 9.17) is 33.5 Å². The van der Waals surface area contributed by atoms with Crippen molar-refractivity contribution < 1.29 is 47.9 Å². The highest BCUT2D eigenvalue weighted by Gasteiger charge is 2.02. The summed E-state index contributed by atoms with van der Waals surface area (Å²) in [6, 6.07) is 0. The van der Waals surface area contributed by atoms with Crippen LogP contribution in [0.3, 0.4) is 0 Å². The van der Waals surface area contributed by atoms with Crippen LogP contribution in [0, 0.1) is 0 Å². The average Bonchev–Trinajstić information content (AvgIpc) is 2.69. The van der Waals surface area contributed by atoms with Gasteiger partial charge in [0.1, 0.15) is 19.8 Å². The fraction of sp³-hybridized carbons (Fsp3) is 0.778. The number of ether oxygens (including phenoxy) is 7. The number of hydrogen-bond acceptors (Lipinski definition) is 9. The maximum absolute atomic E-state index is 11.3. The van der Waals surface area contributed by atoms with Crippen molar-refractivity contribution >= 4 is 11.9 Å². The van der Waals surface area contributed by atoms with E-state index in [2.05, 4.69) is 16.6 Å². The third-order valence-electron chi connectivity index (χ3n) is 2.98. The molecular formula is C18H33NO10. The maximum Gasteiger partial charge on any atom is 0.329 e. The molecule has 0 aromatic heterocycles. The minimum Gasteiger partial charge on any atom is -0.499 e. The Kier molecular flexibility index (Phi) is 21.2. The van der Waals surface area contributed by atoms with Gasteiger partial charge in [0.2, 0.25) is 5.91 Å². The fourth-order valence-electron chi connectivity index (χ4n) is 1.72. The highest BCUT2D eigenvalue weighted by molar-refractivity contribution is 5.77. The number of carboxylic acids is 1. The zero-order chi connectivity index (χ0) is 21.4. The van der Waals surface area contributed by atoms with Crippen molar-refractivity contribution in [3.8, 4) is 0 Å². The first-order chi connectivity index (χ1) is 14.2. The van der Waals surface area contributed by atoms with Crippen LogP contribution < -0.4 is 5.32 Å². The molecule has 0 fully saturated rings. The Morgan fingerprint density at radius 2 is 1.14 bits per heavy atom. The van der Waals surface area contributed by atoms with Gasteiger partial charge in [0.25, 0.3) is 0 Å². The lowest BCUT2D eigenvalue weighted by Crippen LogP contribution is -2.31. The maximum atomic E-state index is 11.3. The van der Waals surface area contributed by atoms with Crippen molar-refractivity contribution in [2.45, 2.75) is 0 Å². The first-order valence-corrected chi connectivity index (χ1v) is 9.34. The van der Waals surface area contributed by atoms with E-state index in [-0.39, 0.29) is 6.61 Å². The lowest BCUT2D eigenvalue weighted by Gasteiger charge is -2.08. The predicted octanol–water partition coefficient (Wildman–Crippen LogP) is -0.553. The van der Waals surface area contributed by atoms with Crippen LogP contribution in [0.25, 0.3) is 0 Å². The Labute approximate surface area is 171 Å². The normalized spacial score (nSPS) is 10.6. The molecule has 0 radical (unpaired) electrons. The van der Waals surface area contributed by atoms with Gasteiger partial charge in [-0.05, 0) is 0 Å². The highest BCUT2D eigenvalue weighted by Crippen LogP contribution is 1.84. The smallest absolute Gasteiger partial charge is 0.329 e. The van der Waals surface area contributed by atoms with Crippen molar-refractivity contribution in [1.29, 1.82) is 0 Å². The van der Waals surface area contributed by atoms with Crippen LogP contribution in [-0.2, 0) is 42.7 Å². The van der Waals surface area contributed by atoms with Crippen molar-refractivity contribution in [2.75, 3.05) is 92.4 Å². The molecule has 11 nitrogen and oxygen atoms in total. The molecule has 170 valence electrons. The standard InChI is InChI=1S/C18H33NO10/c1-2-23-5-6-25-9-10-27-13-14-28-12-11-26-8-7-24-4-3-19-17(20)15-29-16-18(21)22/h2H,1,3-16H2,(H,19,20)(H,21,22). The van der Waals surface area contributed by atoms with Gasteiger partial charge in [-0.2, -0.15) is 0 Å². The molecule has 0 aliphatic heterocycles. The summed E-state index contributed by atoms with van der Waals surface area (Å²) in [6.45, 7) is 7.97. The molecule has 0 saturated carbocycles. The molecule has 0 bridgehead atoms. The van der Waals surface area contributed by atoms with Crippen LogP contribution in [0.5, 0.6) is 0 Å². The van der Waals surface area contributed by atoms with E-state index in [1.54, 1.807) is 0 Å². The Bertz CT molecular complexity index is 408. The molecule has 0 heterocycles. The van der Waals surface area contributed by atoms with E-state index in [0.717, 1.165) is 0 Å². The van der Waals surface area contributed by atoms with Crippen molar-refractivity contribution in [3.05, 3.63) is 12.8 Å². The molecule has 29 heavy (non-hydrogen) atoms. The van der Waals surface area contributed by atoms with E-state index < -0.39 is 18.5 Å². The van der Waals surface area contributed by atoms with Gasteiger partial charge in [0.15, 0.2) is 0 Å². The van der Waals surface area contributed by atoms with Gasteiger partial charge in [-0.3, -0.25) is 4.79 Å². The van der Waals surface area contributed by atoms with E-state index in [1.165, 1.54) is 6.26 Å². The van der Waals surface area contributed by atoms with Crippen LogP contribution >= 0.6 is 0 Å². The van der Waals surface area contributed by atoms with Crippen LogP contribution in [0.15, 0.2) is 12.8 Å². The minimum atomic E-state index is -1.12. The summed E-state index contributed by atoms with van der Waals surface area (Å²) in [7, 11) is 0. The molecule has 0 aliphatic carbocycles. The lowest BCUT2D eigenvalue weighted by molar-refractivity contribution is -0.143. The second-order valence-electron chi connectivity index (χ2n) is 5.34. The number of hydrogen-bond donors (Lipinski definition) is 2. The number of carbonyl (C=O) groups excluding carboxylic acids is 1. The topological polar surface area (TPSA) is 131 Å². The summed E-state index contributed by atoms with van der Waals surface area (Å²) in [6.07, 6.45) is 1.38. The molecular weight excluding hydrogens is 390 g/mol. The van der Waals surface area contributed by atoms with E-state index in [1.807, 2.05) is 0 Å². The van der Waals surface area contributed by atoms with Crippen molar-refractivity contribution in [3.63, 3.8) is 0 Å². The molecule has 0 aliphatic rings. The number of carboxylic acid groups (broad SMARTS) is 1. The Balaban J connectivity index is 3.10. The monoisotopic (exact) mass is 423 g/mol. The fourth-order valence-corrected chi connectivity index (χ4v) is 1.72. The van der Waals surface area contributed by atoms with Crippen molar-refractivity contribution in [2.24, 2.45) is 0 Å². The van der Waals surface area contributed by atoms with Gasteiger partial charge in [-0.15, -0.1) is 0 Å². The summed E-state index contributed by atoms with van der Waals surface area (Å²) >= 11 is 0. The van der Waals surface area contributed by atoms with Gasteiger partial charge < -0.3 is 43.6 Å². The van der Waals surface area contributed by atoms with Crippen LogP contribution in [-0.4, -0.2) is 109 Å². The number of aliphatic carboxylic acids is 1. The quantitative estimate of drug-likeness (QED) is 0.163. The summed E-state index contributed by atoms with van der Waals surface area (Å²) in [4.78, 5) is 21.5. The van der Waals surface area contributed by atoms with Crippen LogP contribution in [0.4, 0.5) is 0 Å². The average molecular weight is 423 g/mol. The van der Waals surface area contributed by atoms with Gasteiger partial charge >= 0.3 is 5.97 Å². The summed E-state index contributed by atoms with van der Waals surface area (Å²) in [5, 5.41) is 10.9. The molecule has 0 rings (SSSR count). The van der Waals surface area contributed by atoms with Crippen LogP contribution in [0.2, 0.25) is 0 Å². The summed E-state index contributed by atoms with van der Waals surface area (Å²) < 4.78 is 36.1. The van der Waals surface area contributed by atoms with Gasteiger partial charge in [0.05, 0.1) is 72.3 Å². The summed E-state index contributed by atoms with van der Waals surface area (Å²) in [5.41, 5.74) is 0. The molecule has 0 atom stereocenters. The Hall–Kier alpha value is -1.76. The largest absolute Gasteiger partial charge is 0.499 e. The van der Waals surface area contributed by atoms with Gasteiger partial charge in [-0.1, -0.05) is 6.58 Å². The van der Waals surface area contributed by atoms with Gasteiger partial charge in [-0.25, -0.2) is 4.79 Å².